The number of benzene rings is 2. The van der Waals surface area contributed by atoms with Gasteiger partial charge in [-0.25, -0.2) is 0 Å². The molecule has 0 aliphatic heterocycles. The van der Waals surface area contributed by atoms with Gasteiger partial charge in [0.1, 0.15) is 5.75 Å². The molecule has 5 heteroatoms. The molecule has 1 N–H and O–H groups in total. The molecule has 0 unspecified atom stereocenters. The zero-order chi connectivity index (χ0) is 17.4. The fraction of sp³-hybridized carbons (Fsp3) is 0.211. The molecule has 126 valence electrons. The highest BCUT2D eigenvalue weighted by Gasteiger charge is 2.07. The minimum Gasteiger partial charge on any atom is -0.494 e. The molecule has 2 rings (SSSR count). The molecule has 0 aliphatic carbocycles. The third kappa shape index (κ3) is 4.52. The van der Waals surface area contributed by atoms with Crippen molar-refractivity contribution in [2.45, 2.75) is 6.92 Å². The largest absolute Gasteiger partial charge is 0.494 e. The maximum absolute atomic E-state index is 12.0. The van der Waals surface area contributed by atoms with E-state index in [0.717, 1.165) is 11.3 Å². The molecule has 0 bridgehead atoms. The van der Waals surface area contributed by atoms with Gasteiger partial charge in [-0.1, -0.05) is 12.1 Å². The van der Waals surface area contributed by atoms with Crippen LogP contribution in [-0.4, -0.2) is 26.7 Å². The zero-order valence-corrected chi connectivity index (χ0v) is 14.0. The standard InChI is InChI=1S/C19H21NO4/c1-4-24-16-11-9-15(10-12-16)20-18(21)13-8-14-6-5-7-17(22-2)19(14)23-3/h5-13H,4H2,1-3H3,(H,20,21). The number of carbonyl (C=O) groups is 1. The highest BCUT2D eigenvalue weighted by molar-refractivity contribution is 6.02. The Morgan fingerprint density at radius 2 is 1.83 bits per heavy atom. The maximum Gasteiger partial charge on any atom is 0.248 e. The van der Waals surface area contributed by atoms with Crippen molar-refractivity contribution in [2.24, 2.45) is 0 Å². The molecular formula is C19H21NO4. The molecule has 1 amide bonds. The Bertz CT molecular complexity index is 708. The molecule has 0 aliphatic rings. The van der Waals surface area contributed by atoms with Crippen molar-refractivity contribution in [3.63, 3.8) is 0 Å². The number of amides is 1. The second kappa shape index (κ2) is 8.62. The first-order valence-corrected chi connectivity index (χ1v) is 7.60. The van der Waals surface area contributed by atoms with Crippen molar-refractivity contribution in [3.05, 3.63) is 54.1 Å². The average Bonchev–Trinajstić information content (AvgIpc) is 2.61. The number of methoxy groups -OCH3 is 2. The molecule has 2 aromatic carbocycles. The van der Waals surface area contributed by atoms with Crippen LogP contribution in [0.2, 0.25) is 0 Å². The second-order valence-corrected chi connectivity index (χ2v) is 4.86. The van der Waals surface area contributed by atoms with Gasteiger partial charge in [-0.05, 0) is 43.3 Å². The number of hydrogen-bond donors (Lipinski definition) is 1. The zero-order valence-electron chi connectivity index (χ0n) is 14.0. The van der Waals surface area contributed by atoms with Crippen LogP contribution in [0.15, 0.2) is 48.5 Å². The van der Waals surface area contributed by atoms with Gasteiger partial charge < -0.3 is 19.5 Å². The molecule has 0 heterocycles. The summed E-state index contributed by atoms with van der Waals surface area (Å²) in [4.78, 5) is 12.0. The first-order valence-electron chi connectivity index (χ1n) is 7.60. The summed E-state index contributed by atoms with van der Waals surface area (Å²) in [6.45, 7) is 2.53. The lowest BCUT2D eigenvalue weighted by molar-refractivity contribution is -0.111. The summed E-state index contributed by atoms with van der Waals surface area (Å²) in [6, 6.07) is 12.7. The van der Waals surface area contributed by atoms with Crippen LogP contribution in [0.3, 0.4) is 0 Å². The van der Waals surface area contributed by atoms with Crippen molar-refractivity contribution >= 4 is 17.7 Å². The summed E-state index contributed by atoms with van der Waals surface area (Å²) in [7, 11) is 3.14. The monoisotopic (exact) mass is 327 g/mol. The van der Waals surface area contributed by atoms with Crippen LogP contribution in [0.5, 0.6) is 17.2 Å². The number of para-hydroxylation sites is 1. The van der Waals surface area contributed by atoms with Gasteiger partial charge in [-0.3, -0.25) is 4.79 Å². The third-order valence-corrected chi connectivity index (χ3v) is 3.28. The Balaban J connectivity index is 2.05. The normalized spacial score (nSPS) is 10.5. The van der Waals surface area contributed by atoms with E-state index in [-0.39, 0.29) is 5.91 Å². The van der Waals surface area contributed by atoms with Crippen LogP contribution in [-0.2, 0) is 4.79 Å². The van der Waals surface area contributed by atoms with Gasteiger partial charge in [0.15, 0.2) is 11.5 Å². The van der Waals surface area contributed by atoms with E-state index in [0.29, 0.717) is 23.8 Å². The molecule has 0 atom stereocenters. The van der Waals surface area contributed by atoms with Crippen molar-refractivity contribution in [3.8, 4) is 17.2 Å². The average molecular weight is 327 g/mol. The van der Waals surface area contributed by atoms with E-state index in [4.69, 9.17) is 14.2 Å². The van der Waals surface area contributed by atoms with Crippen LogP contribution in [0.4, 0.5) is 5.69 Å². The van der Waals surface area contributed by atoms with E-state index in [9.17, 15) is 4.79 Å². The summed E-state index contributed by atoms with van der Waals surface area (Å²) in [5.74, 6) is 1.74. The quantitative estimate of drug-likeness (QED) is 0.787. The van der Waals surface area contributed by atoms with Gasteiger partial charge in [0.2, 0.25) is 5.91 Å². The van der Waals surface area contributed by atoms with Crippen molar-refractivity contribution in [1.29, 1.82) is 0 Å². The van der Waals surface area contributed by atoms with Crippen molar-refractivity contribution in [2.75, 3.05) is 26.1 Å². The van der Waals surface area contributed by atoms with E-state index in [1.807, 2.05) is 31.2 Å². The summed E-state index contributed by atoms with van der Waals surface area (Å²) in [5, 5.41) is 2.79. The van der Waals surface area contributed by atoms with Crippen molar-refractivity contribution < 1.29 is 19.0 Å². The van der Waals surface area contributed by atoms with Crippen LogP contribution < -0.4 is 19.5 Å². The summed E-state index contributed by atoms with van der Waals surface area (Å²) < 4.78 is 15.9. The number of ether oxygens (including phenoxy) is 3. The van der Waals surface area contributed by atoms with E-state index >= 15 is 0 Å². The predicted octanol–water partition coefficient (Wildman–Crippen LogP) is 3.75. The van der Waals surface area contributed by atoms with Gasteiger partial charge in [0.05, 0.1) is 20.8 Å². The molecule has 5 nitrogen and oxygen atoms in total. The number of nitrogens with one attached hydrogen (secondary N) is 1. The maximum atomic E-state index is 12.0. The molecule has 0 spiro atoms. The van der Waals surface area contributed by atoms with Crippen LogP contribution in [0.1, 0.15) is 12.5 Å². The molecule has 0 radical (unpaired) electrons. The molecular weight excluding hydrogens is 306 g/mol. The minimum absolute atomic E-state index is 0.232. The SMILES string of the molecule is CCOc1ccc(NC(=O)C=Cc2cccc(OC)c2OC)cc1. The minimum atomic E-state index is -0.232. The summed E-state index contributed by atoms with van der Waals surface area (Å²) in [5.41, 5.74) is 1.46. The Morgan fingerprint density at radius 3 is 2.46 bits per heavy atom. The topological polar surface area (TPSA) is 56.8 Å². The van der Waals surface area contributed by atoms with E-state index < -0.39 is 0 Å². The van der Waals surface area contributed by atoms with E-state index in [1.54, 1.807) is 38.5 Å². The molecule has 0 saturated heterocycles. The predicted molar refractivity (Wildman–Crippen MR) is 94.8 cm³/mol. The lowest BCUT2D eigenvalue weighted by atomic mass is 10.1. The summed E-state index contributed by atoms with van der Waals surface area (Å²) in [6.07, 6.45) is 3.14. The Labute approximate surface area is 141 Å². The van der Waals surface area contributed by atoms with E-state index in [1.165, 1.54) is 6.08 Å². The smallest absolute Gasteiger partial charge is 0.248 e. The Morgan fingerprint density at radius 1 is 1.08 bits per heavy atom. The highest BCUT2D eigenvalue weighted by Crippen LogP contribution is 2.31. The molecule has 2 aromatic rings. The number of rotatable bonds is 7. The van der Waals surface area contributed by atoms with Gasteiger partial charge in [0.25, 0.3) is 0 Å². The lowest BCUT2D eigenvalue weighted by Gasteiger charge is -2.09. The Kier molecular flexibility index (Phi) is 6.25. The number of hydrogen-bond acceptors (Lipinski definition) is 4. The third-order valence-electron chi connectivity index (χ3n) is 3.28. The van der Waals surface area contributed by atoms with Gasteiger partial charge in [-0.2, -0.15) is 0 Å². The first kappa shape index (κ1) is 17.4. The van der Waals surface area contributed by atoms with Crippen LogP contribution in [0.25, 0.3) is 6.08 Å². The van der Waals surface area contributed by atoms with Gasteiger partial charge in [0, 0.05) is 17.3 Å². The molecule has 0 saturated carbocycles. The second-order valence-electron chi connectivity index (χ2n) is 4.86. The van der Waals surface area contributed by atoms with Gasteiger partial charge in [-0.15, -0.1) is 0 Å². The summed E-state index contributed by atoms with van der Waals surface area (Å²) >= 11 is 0. The highest BCUT2D eigenvalue weighted by atomic mass is 16.5. The van der Waals surface area contributed by atoms with Crippen LogP contribution in [0, 0.1) is 0 Å². The van der Waals surface area contributed by atoms with Crippen LogP contribution >= 0.6 is 0 Å². The fourth-order valence-corrected chi connectivity index (χ4v) is 2.19. The number of carbonyl (C=O) groups excluding carboxylic acids is 1. The number of anilines is 1. The molecule has 0 fully saturated rings. The molecule has 0 aromatic heterocycles. The lowest BCUT2D eigenvalue weighted by Crippen LogP contribution is -2.07. The first-order chi connectivity index (χ1) is 11.7. The van der Waals surface area contributed by atoms with E-state index in [2.05, 4.69) is 5.32 Å². The van der Waals surface area contributed by atoms with Crippen molar-refractivity contribution in [1.82, 2.24) is 0 Å². The fourth-order valence-electron chi connectivity index (χ4n) is 2.19. The molecule has 24 heavy (non-hydrogen) atoms. The Hall–Kier alpha value is -2.95. The van der Waals surface area contributed by atoms with Gasteiger partial charge >= 0.3 is 0 Å².